The van der Waals surface area contributed by atoms with E-state index in [4.69, 9.17) is 5.11 Å². The highest BCUT2D eigenvalue weighted by Crippen LogP contribution is 2.21. The Morgan fingerprint density at radius 1 is 1.30 bits per heavy atom. The highest BCUT2D eigenvalue weighted by atomic mass is 32.1. The maximum Gasteiger partial charge on any atom is 0.387 e. The third-order valence-electron chi connectivity index (χ3n) is 2.50. The summed E-state index contributed by atoms with van der Waals surface area (Å²) in [4.78, 5) is 11.2. The van der Waals surface area contributed by atoms with Crippen molar-refractivity contribution in [3.05, 3.63) is 46.2 Å². The van der Waals surface area contributed by atoms with Gasteiger partial charge in [-0.05, 0) is 41.3 Å². The number of rotatable bonds is 6. The van der Waals surface area contributed by atoms with E-state index >= 15 is 0 Å². The molecule has 0 spiro atoms. The van der Waals surface area contributed by atoms with Crippen molar-refractivity contribution < 1.29 is 23.4 Å². The molecule has 0 radical (unpaired) electrons. The Labute approximate surface area is 117 Å². The second-order valence-corrected chi connectivity index (χ2v) is 4.75. The molecule has 1 aromatic carbocycles. The number of thiophene rings is 1. The maximum absolute atomic E-state index is 12.0. The number of aromatic carboxylic acids is 1. The lowest BCUT2D eigenvalue weighted by atomic mass is 10.2. The molecule has 0 saturated carbocycles. The van der Waals surface area contributed by atoms with Crippen molar-refractivity contribution in [1.29, 1.82) is 0 Å². The molecule has 0 bridgehead atoms. The topological polar surface area (TPSA) is 58.6 Å². The standard InChI is InChI=1S/C13H11F2NO3S/c14-13(15)19-10-3-1-9(2-4-10)16-7-8-5-6-20-11(8)12(17)18/h1-6,13,16H,7H2,(H,17,18). The van der Waals surface area contributed by atoms with Gasteiger partial charge in [-0.1, -0.05) is 0 Å². The Morgan fingerprint density at radius 3 is 2.60 bits per heavy atom. The van der Waals surface area contributed by atoms with Gasteiger partial charge in [-0.15, -0.1) is 11.3 Å². The van der Waals surface area contributed by atoms with Gasteiger partial charge < -0.3 is 15.2 Å². The molecule has 1 aromatic heterocycles. The molecule has 7 heteroatoms. The number of carboxylic acids is 1. The highest BCUT2D eigenvalue weighted by molar-refractivity contribution is 7.12. The molecule has 0 aliphatic carbocycles. The fraction of sp³-hybridized carbons (Fsp3) is 0.154. The molecule has 0 aliphatic heterocycles. The number of alkyl halides is 2. The van der Waals surface area contributed by atoms with Crippen molar-refractivity contribution in [3.8, 4) is 5.75 Å². The monoisotopic (exact) mass is 299 g/mol. The van der Waals surface area contributed by atoms with Crippen LogP contribution in [0.1, 0.15) is 15.2 Å². The van der Waals surface area contributed by atoms with E-state index in [0.717, 1.165) is 11.3 Å². The Kier molecular flexibility index (Phi) is 4.52. The highest BCUT2D eigenvalue weighted by Gasteiger charge is 2.11. The average molecular weight is 299 g/mol. The predicted octanol–water partition coefficient (Wildman–Crippen LogP) is 3.66. The SMILES string of the molecule is O=C(O)c1sccc1CNc1ccc(OC(F)F)cc1. The lowest BCUT2D eigenvalue weighted by molar-refractivity contribution is -0.0498. The molecule has 0 amide bonds. The van der Waals surface area contributed by atoms with Crippen LogP contribution in [0.2, 0.25) is 0 Å². The van der Waals surface area contributed by atoms with Gasteiger partial charge in [0.15, 0.2) is 0 Å². The number of ether oxygens (including phenoxy) is 1. The van der Waals surface area contributed by atoms with E-state index in [9.17, 15) is 13.6 Å². The molecular formula is C13H11F2NO3S. The van der Waals surface area contributed by atoms with E-state index < -0.39 is 12.6 Å². The van der Waals surface area contributed by atoms with E-state index in [2.05, 4.69) is 10.1 Å². The molecule has 2 rings (SSSR count). The van der Waals surface area contributed by atoms with Gasteiger partial charge >= 0.3 is 12.6 Å². The smallest absolute Gasteiger partial charge is 0.387 e. The summed E-state index contributed by atoms with van der Waals surface area (Å²) in [6, 6.07) is 7.74. The first-order valence-corrected chi connectivity index (χ1v) is 6.52. The molecule has 0 saturated heterocycles. The van der Waals surface area contributed by atoms with Crippen molar-refractivity contribution >= 4 is 23.0 Å². The summed E-state index contributed by atoms with van der Waals surface area (Å²) in [7, 11) is 0. The Balaban J connectivity index is 1.97. The van der Waals surface area contributed by atoms with Gasteiger partial charge in [0.05, 0.1) is 0 Å². The lowest BCUT2D eigenvalue weighted by Crippen LogP contribution is -2.04. The molecule has 4 nitrogen and oxygen atoms in total. The number of hydrogen-bond acceptors (Lipinski definition) is 4. The van der Waals surface area contributed by atoms with Crippen LogP contribution in [0.4, 0.5) is 14.5 Å². The maximum atomic E-state index is 12.0. The third kappa shape index (κ3) is 3.67. The van der Waals surface area contributed by atoms with Crippen molar-refractivity contribution in [2.24, 2.45) is 0 Å². The van der Waals surface area contributed by atoms with Crippen molar-refractivity contribution in [2.75, 3.05) is 5.32 Å². The summed E-state index contributed by atoms with van der Waals surface area (Å²) < 4.78 is 28.2. The lowest BCUT2D eigenvalue weighted by Gasteiger charge is -2.08. The van der Waals surface area contributed by atoms with E-state index in [1.165, 1.54) is 12.1 Å². The minimum atomic E-state index is -2.85. The molecule has 20 heavy (non-hydrogen) atoms. The summed E-state index contributed by atoms with van der Waals surface area (Å²) in [5.74, 6) is -0.884. The molecule has 2 aromatic rings. The van der Waals surface area contributed by atoms with Crippen LogP contribution in [0.25, 0.3) is 0 Å². The summed E-state index contributed by atoms with van der Waals surface area (Å²) in [5.41, 5.74) is 1.37. The number of benzene rings is 1. The molecular weight excluding hydrogens is 288 g/mol. The summed E-state index contributed by atoms with van der Waals surface area (Å²) in [6.45, 7) is -2.50. The number of hydrogen-bond donors (Lipinski definition) is 2. The Bertz CT molecular complexity index is 584. The van der Waals surface area contributed by atoms with E-state index in [-0.39, 0.29) is 10.6 Å². The fourth-order valence-corrected chi connectivity index (χ4v) is 2.37. The van der Waals surface area contributed by atoms with Crippen LogP contribution in [0.15, 0.2) is 35.7 Å². The van der Waals surface area contributed by atoms with Gasteiger partial charge in [-0.2, -0.15) is 8.78 Å². The zero-order chi connectivity index (χ0) is 14.5. The second-order valence-electron chi connectivity index (χ2n) is 3.84. The van der Waals surface area contributed by atoms with Crippen molar-refractivity contribution in [3.63, 3.8) is 0 Å². The summed E-state index contributed by atoms with van der Waals surface area (Å²) in [6.07, 6.45) is 0. The van der Waals surface area contributed by atoms with Gasteiger partial charge in [-0.25, -0.2) is 4.79 Å². The number of nitrogens with one attached hydrogen (secondary N) is 1. The van der Waals surface area contributed by atoms with E-state index in [0.29, 0.717) is 17.8 Å². The Hall–Kier alpha value is -2.15. The molecule has 0 unspecified atom stereocenters. The van der Waals surface area contributed by atoms with Crippen LogP contribution in [-0.2, 0) is 6.54 Å². The largest absolute Gasteiger partial charge is 0.477 e. The molecule has 1 heterocycles. The van der Waals surface area contributed by atoms with Crippen LogP contribution in [0, 0.1) is 0 Å². The number of anilines is 1. The van der Waals surface area contributed by atoms with Crippen LogP contribution in [0.5, 0.6) is 5.75 Å². The van der Waals surface area contributed by atoms with Gasteiger partial charge in [0, 0.05) is 12.2 Å². The molecule has 2 N–H and O–H groups in total. The van der Waals surface area contributed by atoms with Crippen LogP contribution in [-0.4, -0.2) is 17.7 Å². The third-order valence-corrected chi connectivity index (χ3v) is 3.45. The van der Waals surface area contributed by atoms with Gasteiger partial charge in [-0.3, -0.25) is 0 Å². The van der Waals surface area contributed by atoms with E-state index in [1.807, 2.05) is 0 Å². The minimum Gasteiger partial charge on any atom is -0.477 e. The molecule has 0 atom stereocenters. The molecule has 106 valence electrons. The average Bonchev–Trinajstić information content (AvgIpc) is 2.86. The number of halogens is 2. The van der Waals surface area contributed by atoms with Gasteiger partial charge in [0.1, 0.15) is 10.6 Å². The number of carboxylic acid groups (broad SMARTS) is 1. The summed E-state index contributed by atoms with van der Waals surface area (Å²) >= 11 is 1.16. The first kappa shape index (κ1) is 14.3. The minimum absolute atomic E-state index is 0.0762. The van der Waals surface area contributed by atoms with Crippen molar-refractivity contribution in [1.82, 2.24) is 0 Å². The molecule has 0 aliphatic rings. The zero-order valence-corrected chi connectivity index (χ0v) is 11.0. The van der Waals surface area contributed by atoms with Crippen LogP contribution < -0.4 is 10.1 Å². The normalized spacial score (nSPS) is 10.6. The van der Waals surface area contributed by atoms with Crippen LogP contribution in [0.3, 0.4) is 0 Å². The zero-order valence-electron chi connectivity index (χ0n) is 10.2. The number of carbonyl (C=O) groups is 1. The first-order chi connectivity index (χ1) is 9.56. The van der Waals surface area contributed by atoms with Crippen molar-refractivity contribution in [2.45, 2.75) is 13.2 Å². The quantitative estimate of drug-likeness (QED) is 0.854. The van der Waals surface area contributed by atoms with E-state index in [1.54, 1.807) is 23.6 Å². The van der Waals surface area contributed by atoms with Crippen LogP contribution >= 0.6 is 11.3 Å². The second kappa shape index (κ2) is 6.33. The predicted molar refractivity (Wildman–Crippen MR) is 71.7 cm³/mol. The first-order valence-electron chi connectivity index (χ1n) is 5.64. The fourth-order valence-electron chi connectivity index (χ4n) is 1.61. The Morgan fingerprint density at radius 2 is 2.00 bits per heavy atom. The summed E-state index contributed by atoms with van der Waals surface area (Å²) in [5, 5.41) is 13.7. The van der Waals surface area contributed by atoms with Gasteiger partial charge in [0.25, 0.3) is 0 Å². The molecule has 0 fully saturated rings. The van der Waals surface area contributed by atoms with Gasteiger partial charge in [0.2, 0.25) is 0 Å².